The summed E-state index contributed by atoms with van der Waals surface area (Å²) in [5, 5.41) is 11.5. The number of nitrogens with zero attached hydrogens (tertiary/aromatic N) is 3. The van der Waals surface area contributed by atoms with Gasteiger partial charge in [0.05, 0.1) is 11.5 Å². The Hall–Kier alpha value is -2.38. The summed E-state index contributed by atoms with van der Waals surface area (Å²) < 4.78 is 27.9. The maximum absolute atomic E-state index is 14.5. The van der Waals surface area contributed by atoms with Crippen LogP contribution in [0.5, 0.6) is 0 Å². The van der Waals surface area contributed by atoms with Crippen LogP contribution in [0.1, 0.15) is 30.9 Å². The number of halogens is 2. The Labute approximate surface area is 181 Å². The zero-order valence-electron chi connectivity index (χ0n) is 18.1. The highest BCUT2D eigenvalue weighted by Crippen LogP contribution is 2.42. The zero-order chi connectivity index (χ0) is 22.3. The molecule has 4 rings (SSSR count). The minimum atomic E-state index is -1.07. The number of aromatic nitrogens is 1. The van der Waals surface area contributed by atoms with Gasteiger partial charge in [-0.2, -0.15) is 0 Å². The van der Waals surface area contributed by atoms with Crippen molar-refractivity contribution in [3.05, 3.63) is 65.5 Å². The zero-order valence-corrected chi connectivity index (χ0v) is 18.1. The van der Waals surface area contributed by atoms with E-state index in [1.165, 1.54) is 12.1 Å². The quantitative estimate of drug-likeness (QED) is 0.815. The fourth-order valence-corrected chi connectivity index (χ4v) is 5.45. The number of carbonyl (C=O) groups excluding carboxylic acids is 1. The summed E-state index contributed by atoms with van der Waals surface area (Å²) in [6.45, 7) is 5.77. The number of likely N-dealkylation sites (N-methyl/N-ethyl adjacent to an activating group) is 1. The molecule has 0 spiro atoms. The van der Waals surface area contributed by atoms with E-state index in [0.717, 1.165) is 11.6 Å². The van der Waals surface area contributed by atoms with Gasteiger partial charge in [0.1, 0.15) is 11.6 Å². The normalized spacial score (nSPS) is 31.7. The SMILES string of the molecule is C[C@@H]1CN(C(=O)[C@@H]2CN(C)C[C@H]2c2ccc(F)cc2F)C[C@H](C)C1(O)c1cccnc1. The van der Waals surface area contributed by atoms with Crippen molar-refractivity contribution < 1.29 is 18.7 Å². The molecule has 1 aromatic heterocycles. The van der Waals surface area contributed by atoms with Crippen molar-refractivity contribution in [2.75, 3.05) is 33.2 Å². The summed E-state index contributed by atoms with van der Waals surface area (Å²) in [4.78, 5) is 21.5. The predicted molar refractivity (Wildman–Crippen MR) is 113 cm³/mol. The molecular weight excluding hydrogens is 400 g/mol. The maximum Gasteiger partial charge on any atom is 0.227 e. The molecule has 0 radical (unpaired) electrons. The topological polar surface area (TPSA) is 56.7 Å². The number of benzene rings is 1. The van der Waals surface area contributed by atoms with E-state index in [1.807, 2.05) is 31.9 Å². The highest BCUT2D eigenvalue weighted by molar-refractivity contribution is 5.81. The smallest absolute Gasteiger partial charge is 0.227 e. The molecule has 2 saturated heterocycles. The first-order chi connectivity index (χ1) is 14.7. The first-order valence-electron chi connectivity index (χ1n) is 10.8. The maximum atomic E-state index is 14.5. The van der Waals surface area contributed by atoms with Crippen molar-refractivity contribution in [1.29, 1.82) is 0 Å². The Balaban J connectivity index is 1.57. The van der Waals surface area contributed by atoms with E-state index in [9.17, 15) is 18.7 Å². The third kappa shape index (κ3) is 3.85. The van der Waals surface area contributed by atoms with Crippen molar-refractivity contribution >= 4 is 5.91 Å². The number of rotatable bonds is 3. The third-order valence-electron chi connectivity index (χ3n) is 7.11. The summed E-state index contributed by atoms with van der Waals surface area (Å²) >= 11 is 0. The standard InChI is InChI=1S/C24H29F2N3O2/c1-15-11-29(12-16(2)24(15,31)17-5-4-8-27-10-17)23(30)21-14-28(3)13-20(21)19-7-6-18(25)9-22(19)26/h4-10,15-16,20-21,31H,11-14H2,1-3H3/t15-,16+,20-,21+,24?/m0/s1. The summed E-state index contributed by atoms with van der Waals surface area (Å²) in [7, 11) is 1.91. The van der Waals surface area contributed by atoms with Crippen molar-refractivity contribution in [2.24, 2.45) is 17.8 Å². The van der Waals surface area contributed by atoms with Crippen molar-refractivity contribution in [3.8, 4) is 0 Å². The van der Waals surface area contributed by atoms with Crippen LogP contribution >= 0.6 is 0 Å². The molecule has 5 atom stereocenters. The molecule has 7 heteroatoms. The van der Waals surface area contributed by atoms with Crippen LogP contribution in [-0.4, -0.2) is 59.0 Å². The molecule has 1 amide bonds. The van der Waals surface area contributed by atoms with E-state index in [0.29, 0.717) is 31.7 Å². The van der Waals surface area contributed by atoms with Gasteiger partial charge < -0.3 is 14.9 Å². The molecule has 31 heavy (non-hydrogen) atoms. The number of piperidine rings is 1. The number of amides is 1. The molecule has 0 bridgehead atoms. The van der Waals surface area contributed by atoms with E-state index in [2.05, 4.69) is 4.98 Å². The number of carbonyl (C=O) groups is 1. The molecule has 1 unspecified atom stereocenters. The second-order valence-electron chi connectivity index (χ2n) is 9.21. The van der Waals surface area contributed by atoms with Crippen molar-refractivity contribution in [3.63, 3.8) is 0 Å². The lowest BCUT2D eigenvalue weighted by Crippen LogP contribution is -2.57. The van der Waals surface area contributed by atoms with Gasteiger partial charge in [-0.25, -0.2) is 8.78 Å². The highest BCUT2D eigenvalue weighted by atomic mass is 19.1. The Morgan fingerprint density at radius 3 is 2.45 bits per heavy atom. The van der Waals surface area contributed by atoms with E-state index in [1.54, 1.807) is 23.4 Å². The lowest BCUT2D eigenvalue weighted by Gasteiger charge is -2.48. The molecule has 166 valence electrons. The number of likely N-dealkylation sites (tertiary alicyclic amines) is 2. The predicted octanol–water partition coefficient (Wildman–Crippen LogP) is 3.01. The Morgan fingerprint density at radius 2 is 1.84 bits per heavy atom. The average Bonchev–Trinajstić information content (AvgIpc) is 3.13. The number of hydrogen-bond acceptors (Lipinski definition) is 4. The summed E-state index contributed by atoms with van der Waals surface area (Å²) in [5.74, 6) is -2.39. The molecular formula is C24H29F2N3O2. The van der Waals surface area contributed by atoms with E-state index in [4.69, 9.17) is 0 Å². The lowest BCUT2D eigenvalue weighted by atomic mass is 9.71. The van der Waals surface area contributed by atoms with Crippen molar-refractivity contribution in [1.82, 2.24) is 14.8 Å². The molecule has 5 nitrogen and oxygen atoms in total. The van der Waals surface area contributed by atoms with Crippen LogP contribution in [-0.2, 0) is 10.4 Å². The molecule has 2 aliphatic heterocycles. The Bertz CT molecular complexity index is 943. The van der Waals surface area contributed by atoms with Gasteiger partial charge in [-0.1, -0.05) is 26.0 Å². The van der Waals surface area contributed by atoms with Gasteiger partial charge in [0.2, 0.25) is 5.91 Å². The number of hydrogen-bond donors (Lipinski definition) is 1. The fourth-order valence-electron chi connectivity index (χ4n) is 5.45. The van der Waals surface area contributed by atoms with E-state index < -0.39 is 23.2 Å². The molecule has 3 heterocycles. The van der Waals surface area contributed by atoms with Gasteiger partial charge in [-0.15, -0.1) is 0 Å². The number of aliphatic hydroxyl groups is 1. The monoisotopic (exact) mass is 429 g/mol. The third-order valence-corrected chi connectivity index (χ3v) is 7.11. The molecule has 2 fully saturated rings. The molecule has 0 aliphatic carbocycles. The second-order valence-corrected chi connectivity index (χ2v) is 9.21. The first kappa shape index (κ1) is 21.8. The Morgan fingerprint density at radius 1 is 1.13 bits per heavy atom. The fraction of sp³-hybridized carbons (Fsp3) is 0.500. The van der Waals surface area contributed by atoms with Crippen molar-refractivity contribution in [2.45, 2.75) is 25.4 Å². The molecule has 1 aromatic carbocycles. The van der Waals surface area contributed by atoms with Crippen LogP contribution in [0, 0.1) is 29.4 Å². The Kier molecular flexibility index (Phi) is 5.83. The van der Waals surface area contributed by atoms with Crippen LogP contribution in [0.2, 0.25) is 0 Å². The van der Waals surface area contributed by atoms with Crippen LogP contribution in [0.25, 0.3) is 0 Å². The van der Waals surface area contributed by atoms with Gasteiger partial charge in [0.15, 0.2) is 0 Å². The van der Waals surface area contributed by atoms with Gasteiger partial charge in [0.25, 0.3) is 0 Å². The van der Waals surface area contributed by atoms with E-state index in [-0.39, 0.29) is 23.7 Å². The molecule has 2 aromatic rings. The average molecular weight is 430 g/mol. The van der Waals surface area contributed by atoms with Gasteiger partial charge in [-0.3, -0.25) is 9.78 Å². The van der Waals surface area contributed by atoms with Gasteiger partial charge in [-0.05, 0) is 24.7 Å². The molecule has 0 saturated carbocycles. The van der Waals surface area contributed by atoms with Gasteiger partial charge in [0, 0.05) is 68.0 Å². The molecule has 1 N–H and O–H groups in total. The van der Waals surface area contributed by atoms with E-state index >= 15 is 0 Å². The largest absolute Gasteiger partial charge is 0.384 e. The molecule has 2 aliphatic rings. The highest BCUT2D eigenvalue weighted by Gasteiger charge is 2.49. The second kappa shape index (κ2) is 8.28. The summed E-state index contributed by atoms with van der Waals surface area (Å²) in [5.41, 5.74) is 0.0722. The van der Waals surface area contributed by atoms with Crippen LogP contribution < -0.4 is 0 Å². The van der Waals surface area contributed by atoms with Crippen LogP contribution in [0.3, 0.4) is 0 Å². The minimum Gasteiger partial charge on any atom is -0.384 e. The summed E-state index contributed by atoms with van der Waals surface area (Å²) in [6, 6.07) is 7.26. The lowest BCUT2D eigenvalue weighted by molar-refractivity contribution is -0.152. The first-order valence-corrected chi connectivity index (χ1v) is 10.8. The minimum absolute atomic E-state index is 0.0370. The summed E-state index contributed by atoms with van der Waals surface area (Å²) in [6.07, 6.45) is 3.36. The number of pyridine rings is 1. The van der Waals surface area contributed by atoms with Gasteiger partial charge >= 0.3 is 0 Å². The van der Waals surface area contributed by atoms with Crippen LogP contribution in [0.15, 0.2) is 42.7 Å². The van der Waals surface area contributed by atoms with Crippen LogP contribution in [0.4, 0.5) is 8.78 Å².